The van der Waals surface area contributed by atoms with E-state index in [9.17, 15) is 9.59 Å². The maximum Gasteiger partial charge on any atom is 0.262 e. The molecule has 0 aliphatic carbocycles. The topological polar surface area (TPSA) is 73.2 Å². The highest BCUT2D eigenvalue weighted by Crippen LogP contribution is 2.30. The number of hydrogen-bond acceptors (Lipinski definition) is 5. The number of ether oxygens (including phenoxy) is 1. The Bertz CT molecular complexity index is 1200. The lowest BCUT2D eigenvalue weighted by molar-refractivity contribution is -0.121. The summed E-state index contributed by atoms with van der Waals surface area (Å²) in [4.78, 5) is 31.1. The number of amides is 1. The molecule has 158 valence electrons. The van der Waals surface area contributed by atoms with E-state index in [1.807, 2.05) is 66.7 Å². The number of aromatic nitrogens is 2. The number of rotatable bonds is 9. The Morgan fingerprint density at radius 1 is 1.06 bits per heavy atom. The molecule has 6 nitrogen and oxygen atoms in total. The number of nitrogens with one attached hydrogen (secondary N) is 1. The summed E-state index contributed by atoms with van der Waals surface area (Å²) < 4.78 is 6.96. The van der Waals surface area contributed by atoms with Gasteiger partial charge in [-0.05, 0) is 23.6 Å². The average molecular weight is 434 g/mol. The Labute approximate surface area is 184 Å². The molecule has 1 amide bonds. The predicted octanol–water partition coefficient (Wildman–Crippen LogP) is 3.85. The van der Waals surface area contributed by atoms with Gasteiger partial charge in [0.05, 0.1) is 18.3 Å². The monoisotopic (exact) mass is 433 g/mol. The number of carbonyl (C=O) groups is 1. The molecule has 0 bridgehead atoms. The van der Waals surface area contributed by atoms with Crippen LogP contribution in [0.1, 0.15) is 12.0 Å². The zero-order chi connectivity index (χ0) is 21.5. The third-order valence-electron chi connectivity index (χ3n) is 4.79. The van der Waals surface area contributed by atoms with Crippen LogP contribution in [-0.4, -0.2) is 28.6 Å². The van der Waals surface area contributed by atoms with E-state index >= 15 is 0 Å². The van der Waals surface area contributed by atoms with Crippen LogP contribution in [0, 0.1) is 0 Å². The number of fused-ring (bicyclic) bond motifs is 1. The molecule has 0 aliphatic rings. The number of carbonyl (C=O) groups excluding carboxylic acids is 1. The van der Waals surface area contributed by atoms with Crippen molar-refractivity contribution in [2.24, 2.45) is 0 Å². The van der Waals surface area contributed by atoms with Crippen molar-refractivity contribution < 1.29 is 9.53 Å². The fourth-order valence-electron chi connectivity index (χ4n) is 3.19. The molecular weight excluding hydrogens is 410 g/mol. The van der Waals surface area contributed by atoms with Crippen molar-refractivity contribution in [3.05, 3.63) is 89.0 Å². The first-order valence-electron chi connectivity index (χ1n) is 10.1. The fraction of sp³-hybridized carbons (Fsp3) is 0.208. The second-order valence-electron chi connectivity index (χ2n) is 7.11. The Balaban J connectivity index is 1.28. The van der Waals surface area contributed by atoms with Gasteiger partial charge in [-0.1, -0.05) is 60.7 Å². The van der Waals surface area contributed by atoms with E-state index in [0.29, 0.717) is 36.4 Å². The van der Waals surface area contributed by atoms with Gasteiger partial charge in [0.2, 0.25) is 5.91 Å². The summed E-state index contributed by atoms with van der Waals surface area (Å²) in [5.41, 5.74) is 1.96. The zero-order valence-corrected chi connectivity index (χ0v) is 17.8. The molecule has 0 radical (unpaired) electrons. The molecule has 2 aromatic heterocycles. The lowest BCUT2D eigenvalue weighted by atomic mass is 10.2. The van der Waals surface area contributed by atoms with Gasteiger partial charge in [-0.15, -0.1) is 11.3 Å². The normalized spacial score (nSPS) is 11.0. The molecule has 0 aliphatic heterocycles. The van der Waals surface area contributed by atoms with Crippen molar-refractivity contribution in [3.8, 4) is 10.4 Å². The Hall–Kier alpha value is -3.29. The van der Waals surface area contributed by atoms with Gasteiger partial charge in [0.1, 0.15) is 11.4 Å². The summed E-state index contributed by atoms with van der Waals surface area (Å²) >= 11 is 1.47. The molecular formula is C24H23N3O3S. The SMILES string of the molecule is O=C(Cn1cnc2sc(-c3ccccc3)cc2c1=O)NCCCOCc1ccccc1. The van der Waals surface area contributed by atoms with Crippen LogP contribution in [0.2, 0.25) is 0 Å². The van der Waals surface area contributed by atoms with E-state index in [1.165, 1.54) is 22.2 Å². The van der Waals surface area contributed by atoms with Gasteiger partial charge >= 0.3 is 0 Å². The lowest BCUT2D eigenvalue weighted by Gasteiger charge is -2.08. The predicted molar refractivity (Wildman–Crippen MR) is 123 cm³/mol. The molecule has 0 saturated carbocycles. The van der Waals surface area contributed by atoms with Crippen LogP contribution in [0.25, 0.3) is 20.7 Å². The van der Waals surface area contributed by atoms with Gasteiger partial charge in [-0.2, -0.15) is 0 Å². The van der Waals surface area contributed by atoms with Gasteiger partial charge in [-0.3, -0.25) is 14.2 Å². The third kappa shape index (κ3) is 5.45. The molecule has 2 heterocycles. The van der Waals surface area contributed by atoms with Crippen LogP contribution in [0.3, 0.4) is 0 Å². The molecule has 2 aromatic carbocycles. The van der Waals surface area contributed by atoms with Crippen molar-refractivity contribution >= 4 is 27.5 Å². The molecule has 31 heavy (non-hydrogen) atoms. The molecule has 1 N–H and O–H groups in total. The summed E-state index contributed by atoms with van der Waals surface area (Å²) in [6.45, 7) is 1.55. The van der Waals surface area contributed by atoms with E-state index in [0.717, 1.165) is 16.0 Å². The van der Waals surface area contributed by atoms with Gasteiger partial charge in [0.25, 0.3) is 5.56 Å². The number of benzene rings is 2. The fourth-order valence-corrected chi connectivity index (χ4v) is 4.19. The van der Waals surface area contributed by atoms with Crippen LogP contribution >= 0.6 is 11.3 Å². The van der Waals surface area contributed by atoms with Crippen LogP contribution in [0.4, 0.5) is 0 Å². The van der Waals surface area contributed by atoms with Crippen LogP contribution in [-0.2, 0) is 22.7 Å². The minimum Gasteiger partial charge on any atom is -0.377 e. The first kappa shape index (κ1) is 21.0. The summed E-state index contributed by atoms with van der Waals surface area (Å²) in [6.07, 6.45) is 2.15. The largest absolute Gasteiger partial charge is 0.377 e. The zero-order valence-electron chi connectivity index (χ0n) is 17.0. The van der Waals surface area contributed by atoms with Crippen molar-refractivity contribution in [2.75, 3.05) is 13.2 Å². The lowest BCUT2D eigenvalue weighted by Crippen LogP contribution is -2.33. The van der Waals surface area contributed by atoms with Crippen LogP contribution in [0.15, 0.2) is 77.9 Å². The molecule has 4 aromatic rings. The maximum absolute atomic E-state index is 12.8. The summed E-state index contributed by atoms with van der Waals surface area (Å²) in [6, 6.07) is 21.7. The highest BCUT2D eigenvalue weighted by molar-refractivity contribution is 7.21. The molecule has 0 fully saturated rings. The van der Waals surface area contributed by atoms with Gasteiger partial charge in [-0.25, -0.2) is 4.98 Å². The first-order chi connectivity index (χ1) is 15.2. The highest BCUT2D eigenvalue weighted by atomic mass is 32.1. The Morgan fingerprint density at radius 3 is 2.58 bits per heavy atom. The molecule has 7 heteroatoms. The van der Waals surface area contributed by atoms with E-state index in [4.69, 9.17) is 4.74 Å². The summed E-state index contributed by atoms with van der Waals surface area (Å²) in [5, 5.41) is 3.37. The number of thiophene rings is 1. The molecule has 0 saturated heterocycles. The number of nitrogens with zero attached hydrogens (tertiary/aromatic N) is 2. The van der Waals surface area contributed by atoms with E-state index in [1.54, 1.807) is 0 Å². The van der Waals surface area contributed by atoms with Crippen LogP contribution < -0.4 is 10.9 Å². The summed E-state index contributed by atoms with van der Waals surface area (Å²) in [5.74, 6) is -0.218. The standard InChI is InChI=1S/C24H23N3O3S/c28-22(25-12-7-13-30-16-18-8-3-1-4-9-18)15-27-17-26-23-20(24(27)29)14-21(31-23)19-10-5-2-6-11-19/h1-6,8-11,14,17H,7,12-13,15-16H2,(H,25,28). The second kappa shape index (κ2) is 10.1. The van der Waals surface area contributed by atoms with Crippen molar-refractivity contribution in [3.63, 3.8) is 0 Å². The molecule has 4 rings (SSSR count). The molecule has 0 spiro atoms. The van der Waals surface area contributed by atoms with E-state index in [2.05, 4.69) is 10.3 Å². The van der Waals surface area contributed by atoms with Crippen LogP contribution in [0.5, 0.6) is 0 Å². The smallest absolute Gasteiger partial charge is 0.262 e. The maximum atomic E-state index is 12.8. The second-order valence-corrected chi connectivity index (χ2v) is 8.15. The Kier molecular flexibility index (Phi) is 6.86. The van der Waals surface area contributed by atoms with Gasteiger partial charge in [0, 0.05) is 18.0 Å². The van der Waals surface area contributed by atoms with Crippen molar-refractivity contribution in [1.29, 1.82) is 0 Å². The summed E-state index contributed by atoms with van der Waals surface area (Å²) in [7, 11) is 0. The quantitative estimate of drug-likeness (QED) is 0.407. The third-order valence-corrected chi connectivity index (χ3v) is 5.88. The van der Waals surface area contributed by atoms with Gasteiger partial charge < -0.3 is 10.1 Å². The minimum atomic E-state index is -0.218. The van der Waals surface area contributed by atoms with Crippen molar-refractivity contribution in [1.82, 2.24) is 14.9 Å². The molecule has 0 atom stereocenters. The van der Waals surface area contributed by atoms with Gasteiger partial charge in [0.15, 0.2) is 0 Å². The minimum absolute atomic E-state index is 0.0524. The van der Waals surface area contributed by atoms with E-state index in [-0.39, 0.29) is 18.0 Å². The average Bonchev–Trinajstić information content (AvgIpc) is 3.25. The first-order valence-corrected chi connectivity index (χ1v) is 10.9. The highest BCUT2D eigenvalue weighted by Gasteiger charge is 2.12. The van der Waals surface area contributed by atoms with Crippen molar-refractivity contribution in [2.45, 2.75) is 19.6 Å². The number of hydrogen-bond donors (Lipinski definition) is 1. The van der Waals surface area contributed by atoms with E-state index < -0.39 is 0 Å². The Morgan fingerprint density at radius 2 is 1.81 bits per heavy atom. The molecule has 0 unspecified atom stereocenters.